The lowest BCUT2D eigenvalue weighted by molar-refractivity contribution is 0.206. The summed E-state index contributed by atoms with van der Waals surface area (Å²) in [7, 11) is 0. The van der Waals surface area contributed by atoms with E-state index < -0.39 is 0 Å². The summed E-state index contributed by atoms with van der Waals surface area (Å²) in [4.78, 5) is 0. The number of aryl methyl sites for hydroxylation is 1. The van der Waals surface area contributed by atoms with Gasteiger partial charge in [-0.05, 0) is 25.5 Å². The predicted octanol–water partition coefficient (Wildman–Crippen LogP) is 1.65. The average Bonchev–Trinajstić information content (AvgIpc) is 2.49. The summed E-state index contributed by atoms with van der Waals surface area (Å²) in [5.74, 6) is 1.02. The van der Waals surface area contributed by atoms with Gasteiger partial charge in [0, 0.05) is 18.0 Å². The molecule has 2 unspecified atom stereocenters. The third kappa shape index (κ3) is 1.42. The van der Waals surface area contributed by atoms with Gasteiger partial charge in [0.15, 0.2) is 0 Å². The molecule has 1 aliphatic rings. The fourth-order valence-corrected chi connectivity index (χ4v) is 1.75. The van der Waals surface area contributed by atoms with Gasteiger partial charge in [0.25, 0.3) is 0 Å². The SMILES string of the molecule is Cc1cccc2c1CC(C(C)N)O2. The molecule has 1 heterocycles. The largest absolute Gasteiger partial charge is 0.488 e. The van der Waals surface area contributed by atoms with Crippen molar-refractivity contribution >= 4 is 0 Å². The van der Waals surface area contributed by atoms with Gasteiger partial charge >= 0.3 is 0 Å². The van der Waals surface area contributed by atoms with Gasteiger partial charge in [-0.15, -0.1) is 0 Å². The molecule has 2 N–H and O–H groups in total. The molecule has 0 bridgehead atoms. The minimum absolute atomic E-state index is 0.104. The van der Waals surface area contributed by atoms with Crippen molar-refractivity contribution in [3.05, 3.63) is 29.3 Å². The monoisotopic (exact) mass is 177 g/mol. The van der Waals surface area contributed by atoms with Gasteiger partial charge in [0.05, 0.1) is 0 Å². The second kappa shape index (κ2) is 3.04. The molecule has 0 amide bonds. The Balaban J connectivity index is 2.30. The lowest BCUT2D eigenvalue weighted by Crippen LogP contribution is -2.34. The zero-order valence-electron chi connectivity index (χ0n) is 8.08. The van der Waals surface area contributed by atoms with Gasteiger partial charge < -0.3 is 10.5 Å². The number of benzene rings is 1. The first-order valence-corrected chi connectivity index (χ1v) is 4.69. The van der Waals surface area contributed by atoms with Crippen LogP contribution in [-0.4, -0.2) is 12.1 Å². The van der Waals surface area contributed by atoms with Crippen molar-refractivity contribution < 1.29 is 4.74 Å². The summed E-state index contributed by atoms with van der Waals surface area (Å²) in [6, 6.07) is 6.26. The fraction of sp³-hybridized carbons (Fsp3) is 0.455. The van der Waals surface area contributed by atoms with E-state index >= 15 is 0 Å². The Morgan fingerprint density at radius 1 is 1.54 bits per heavy atom. The number of ether oxygens (including phenoxy) is 1. The van der Waals surface area contributed by atoms with Crippen LogP contribution in [0.3, 0.4) is 0 Å². The summed E-state index contributed by atoms with van der Waals surface area (Å²) >= 11 is 0. The molecule has 0 spiro atoms. The first kappa shape index (κ1) is 8.57. The Morgan fingerprint density at radius 2 is 2.31 bits per heavy atom. The van der Waals surface area contributed by atoms with Crippen molar-refractivity contribution in [1.29, 1.82) is 0 Å². The van der Waals surface area contributed by atoms with Crippen LogP contribution in [0.2, 0.25) is 0 Å². The lowest BCUT2D eigenvalue weighted by Gasteiger charge is -2.13. The van der Waals surface area contributed by atoms with E-state index in [1.165, 1.54) is 11.1 Å². The van der Waals surface area contributed by atoms with Gasteiger partial charge in [-0.25, -0.2) is 0 Å². The van der Waals surface area contributed by atoms with Gasteiger partial charge in [-0.3, -0.25) is 0 Å². The minimum atomic E-state index is 0.104. The highest BCUT2D eigenvalue weighted by atomic mass is 16.5. The standard InChI is InChI=1S/C11H15NO/c1-7-4-3-5-10-9(7)6-11(13-10)8(2)12/h3-5,8,11H,6,12H2,1-2H3. The Hall–Kier alpha value is -1.02. The summed E-state index contributed by atoms with van der Waals surface area (Å²) < 4.78 is 5.72. The van der Waals surface area contributed by atoms with Crippen molar-refractivity contribution in [1.82, 2.24) is 0 Å². The maximum atomic E-state index is 5.80. The highest BCUT2D eigenvalue weighted by Gasteiger charge is 2.26. The quantitative estimate of drug-likeness (QED) is 0.707. The van der Waals surface area contributed by atoms with E-state index in [1.807, 2.05) is 19.1 Å². The van der Waals surface area contributed by atoms with Crippen LogP contribution in [-0.2, 0) is 6.42 Å². The Labute approximate surface area is 78.7 Å². The maximum absolute atomic E-state index is 5.80. The molecule has 0 aromatic heterocycles. The van der Waals surface area contributed by atoms with Crippen LogP contribution >= 0.6 is 0 Å². The van der Waals surface area contributed by atoms with E-state index in [9.17, 15) is 0 Å². The normalized spacial score (nSPS) is 22.2. The third-order valence-electron chi connectivity index (χ3n) is 2.64. The molecule has 2 atom stereocenters. The van der Waals surface area contributed by atoms with E-state index in [4.69, 9.17) is 10.5 Å². The Bertz CT molecular complexity index is 320. The summed E-state index contributed by atoms with van der Waals surface area (Å²) in [6.45, 7) is 4.11. The molecule has 0 saturated heterocycles. The van der Waals surface area contributed by atoms with Gasteiger partial charge in [-0.2, -0.15) is 0 Å². The highest BCUT2D eigenvalue weighted by molar-refractivity contribution is 5.43. The second-order valence-electron chi connectivity index (χ2n) is 3.77. The lowest BCUT2D eigenvalue weighted by atomic mass is 10.0. The van der Waals surface area contributed by atoms with Gasteiger partial charge in [0.2, 0.25) is 0 Å². The molecule has 13 heavy (non-hydrogen) atoms. The van der Waals surface area contributed by atoms with Crippen molar-refractivity contribution in [2.75, 3.05) is 0 Å². The molecule has 0 fully saturated rings. The predicted molar refractivity (Wildman–Crippen MR) is 52.9 cm³/mol. The zero-order chi connectivity index (χ0) is 9.42. The fourth-order valence-electron chi connectivity index (χ4n) is 1.75. The molecule has 0 radical (unpaired) electrons. The minimum Gasteiger partial charge on any atom is -0.488 e. The summed E-state index contributed by atoms with van der Waals surface area (Å²) in [5.41, 5.74) is 8.43. The molecule has 1 aliphatic heterocycles. The van der Waals surface area contributed by atoms with Crippen LogP contribution in [0.25, 0.3) is 0 Å². The molecule has 2 heteroatoms. The first-order chi connectivity index (χ1) is 6.18. The Kier molecular flexibility index (Phi) is 2.00. The first-order valence-electron chi connectivity index (χ1n) is 4.69. The molecular weight excluding hydrogens is 162 g/mol. The number of fused-ring (bicyclic) bond motifs is 1. The van der Waals surface area contributed by atoms with Crippen LogP contribution < -0.4 is 10.5 Å². The van der Waals surface area contributed by atoms with Crippen LogP contribution in [0.15, 0.2) is 18.2 Å². The van der Waals surface area contributed by atoms with Gasteiger partial charge in [0.1, 0.15) is 11.9 Å². The molecule has 1 aromatic carbocycles. The van der Waals surface area contributed by atoms with Crippen molar-refractivity contribution in [3.8, 4) is 5.75 Å². The molecule has 2 nitrogen and oxygen atoms in total. The second-order valence-corrected chi connectivity index (χ2v) is 3.77. The zero-order valence-corrected chi connectivity index (χ0v) is 8.08. The van der Waals surface area contributed by atoms with Crippen molar-refractivity contribution in [2.45, 2.75) is 32.4 Å². The number of nitrogens with two attached hydrogens (primary N) is 1. The van der Waals surface area contributed by atoms with E-state index in [-0.39, 0.29) is 12.1 Å². The highest BCUT2D eigenvalue weighted by Crippen LogP contribution is 2.31. The summed E-state index contributed by atoms with van der Waals surface area (Å²) in [6.07, 6.45) is 1.12. The van der Waals surface area contributed by atoms with Gasteiger partial charge in [-0.1, -0.05) is 12.1 Å². The average molecular weight is 177 g/mol. The summed E-state index contributed by atoms with van der Waals surface area (Å²) in [5, 5.41) is 0. The van der Waals surface area contributed by atoms with E-state index in [0.717, 1.165) is 12.2 Å². The molecule has 0 aliphatic carbocycles. The van der Waals surface area contributed by atoms with E-state index in [0.29, 0.717) is 0 Å². The van der Waals surface area contributed by atoms with Crippen LogP contribution in [0.5, 0.6) is 5.75 Å². The molecule has 1 aromatic rings. The maximum Gasteiger partial charge on any atom is 0.123 e. The molecule has 2 rings (SSSR count). The van der Waals surface area contributed by atoms with Crippen LogP contribution in [0.1, 0.15) is 18.1 Å². The third-order valence-corrected chi connectivity index (χ3v) is 2.64. The van der Waals surface area contributed by atoms with E-state index in [2.05, 4.69) is 13.0 Å². The van der Waals surface area contributed by atoms with Crippen LogP contribution in [0, 0.1) is 6.92 Å². The molecule has 0 saturated carbocycles. The smallest absolute Gasteiger partial charge is 0.123 e. The number of rotatable bonds is 1. The topological polar surface area (TPSA) is 35.2 Å². The van der Waals surface area contributed by atoms with Crippen LogP contribution in [0.4, 0.5) is 0 Å². The Morgan fingerprint density at radius 3 is 2.92 bits per heavy atom. The number of hydrogen-bond acceptors (Lipinski definition) is 2. The van der Waals surface area contributed by atoms with Crippen molar-refractivity contribution in [3.63, 3.8) is 0 Å². The number of hydrogen-bond donors (Lipinski definition) is 1. The molecular formula is C11H15NO. The molecule has 70 valence electrons. The van der Waals surface area contributed by atoms with Crippen molar-refractivity contribution in [2.24, 2.45) is 5.73 Å². The van der Waals surface area contributed by atoms with E-state index in [1.54, 1.807) is 0 Å².